The molecule has 4 rings (SSSR count). The molecule has 1 aliphatic rings. The van der Waals surface area contributed by atoms with Gasteiger partial charge in [0.2, 0.25) is 11.8 Å². The van der Waals surface area contributed by atoms with Crippen LogP contribution in [0.15, 0.2) is 58.2 Å². The predicted molar refractivity (Wildman–Crippen MR) is 121 cm³/mol. The van der Waals surface area contributed by atoms with Gasteiger partial charge in [0.05, 0.1) is 5.75 Å². The molecule has 0 saturated carbocycles. The minimum Gasteiger partial charge on any atom is -0.411 e. The van der Waals surface area contributed by atoms with Gasteiger partial charge in [0.25, 0.3) is 5.22 Å². The van der Waals surface area contributed by atoms with Crippen LogP contribution in [0.4, 0.5) is 11.4 Å². The van der Waals surface area contributed by atoms with E-state index in [1.165, 1.54) is 48.7 Å². The zero-order chi connectivity index (χ0) is 20.8. The first-order valence-corrected chi connectivity index (χ1v) is 11.3. The van der Waals surface area contributed by atoms with Crippen LogP contribution in [-0.4, -0.2) is 34.9 Å². The molecule has 1 fully saturated rings. The Labute approximate surface area is 181 Å². The highest BCUT2D eigenvalue weighted by Crippen LogP contribution is 2.24. The van der Waals surface area contributed by atoms with E-state index >= 15 is 0 Å². The summed E-state index contributed by atoms with van der Waals surface area (Å²) in [7, 11) is 0. The van der Waals surface area contributed by atoms with Gasteiger partial charge < -0.3 is 14.6 Å². The number of thioether (sulfide) groups is 1. The zero-order valence-corrected chi connectivity index (χ0v) is 18.0. The van der Waals surface area contributed by atoms with Gasteiger partial charge in [0.1, 0.15) is 0 Å². The van der Waals surface area contributed by atoms with E-state index in [0.29, 0.717) is 11.1 Å². The molecule has 156 valence electrons. The molecule has 0 radical (unpaired) electrons. The van der Waals surface area contributed by atoms with Crippen LogP contribution >= 0.6 is 11.8 Å². The quantitative estimate of drug-likeness (QED) is 0.554. The van der Waals surface area contributed by atoms with Gasteiger partial charge in [0, 0.05) is 30.0 Å². The number of benzene rings is 2. The van der Waals surface area contributed by atoms with E-state index < -0.39 is 0 Å². The molecule has 0 aliphatic carbocycles. The molecule has 1 amide bonds. The maximum absolute atomic E-state index is 12.3. The summed E-state index contributed by atoms with van der Waals surface area (Å²) >= 11 is 1.23. The third-order valence-electron chi connectivity index (χ3n) is 5.15. The summed E-state index contributed by atoms with van der Waals surface area (Å²) in [6, 6.07) is 16.0. The highest BCUT2D eigenvalue weighted by Gasteiger charge is 2.12. The Morgan fingerprint density at radius 2 is 1.70 bits per heavy atom. The fraction of sp³-hybridized carbons (Fsp3) is 0.348. The number of carbonyl (C=O) groups excluding carboxylic acids is 1. The smallest absolute Gasteiger partial charge is 0.277 e. The summed E-state index contributed by atoms with van der Waals surface area (Å²) in [5.74, 6) is 0.572. The SMILES string of the molecule is Cc1ccc(-c2nnc(SCC(=O)Nc3ccc(N4CCCCCC4)cc3)o2)cc1. The second kappa shape index (κ2) is 9.80. The number of hydrogen-bond acceptors (Lipinski definition) is 6. The van der Waals surface area contributed by atoms with Crippen LogP contribution in [0, 0.1) is 6.92 Å². The molecule has 1 N–H and O–H groups in total. The van der Waals surface area contributed by atoms with Crippen molar-refractivity contribution in [3.8, 4) is 11.5 Å². The lowest BCUT2D eigenvalue weighted by atomic mass is 10.1. The molecule has 0 bridgehead atoms. The highest BCUT2D eigenvalue weighted by molar-refractivity contribution is 7.99. The maximum Gasteiger partial charge on any atom is 0.277 e. The number of rotatable bonds is 6. The molecule has 0 spiro atoms. The lowest BCUT2D eigenvalue weighted by Crippen LogP contribution is -2.23. The second-order valence-corrected chi connectivity index (χ2v) is 8.45. The maximum atomic E-state index is 12.3. The molecule has 30 heavy (non-hydrogen) atoms. The van der Waals surface area contributed by atoms with Crippen molar-refractivity contribution in [2.45, 2.75) is 37.8 Å². The first kappa shape index (κ1) is 20.5. The second-order valence-electron chi connectivity index (χ2n) is 7.52. The van der Waals surface area contributed by atoms with Gasteiger partial charge in [-0.3, -0.25) is 4.79 Å². The van der Waals surface area contributed by atoms with Crippen molar-refractivity contribution in [3.63, 3.8) is 0 Å². The van der Waals surface area contributed by atoms with Gasteiger partial charge in [0.15, 0.2) is 0 Å². The number of carbonyl (C=O) groups is 1. The third-order valence-corrected chi connectivity index (χ3v) is 5.97. The molecule has 6 nitrogen and oxygen atoms in total. The van der Waals surface area contributed by atoms with Crippen molar-refractivity contribution in [1.82, 2.24) is 10.2 Å². The number of amides is 1. The molecule has 0 atom stereocenters. The average molecular weight is 423 g/mol. The molecular weight excluding hydrogens is 396 g/mol. The Bertz CT molecular complexity index is 962. The number of aromatic nitrogens is 2. The summed E-state index contributed by atoms with van der Waals surface area (Å²) in [6.45, 7) is 4.24. The Morgan fingerprint density at radius 3 is 2.40 bits per heavy atom. The Kier molecular flexibility index (Phi) is 6.69. The molecule has 2 aromatic carbocycles. The molecule has 1 aromatic heterocycles. The fourth-order valence-corrected chi connectivity index (χ4v) is 4.05. The van der Waals surface area contributed by atoms with E-state index in [1.54, 1.807) is 0 Å². The number of nitrogens with zero attached hydrogens (tertiary/aromatic N) is 3. The van der Waals surface area contributed by atoms with Gasteiger partial charge in [-0.15, -0.1) is 10.2 Å². The van der Waals surface area contributed by atoms with E-state index in [0.717, 1.165) is 24.3 Å². The lowest BCUT2D eigenvalue weighted by Gasteiger charge is -2.22. The normalized spacial score (nSPS) is 14.4. The van der Waals surface area contributed by atoms with E-state index in [9.17, 15) is 4.79 Å². The number of nitrogens with one attached hydrogen (secondary N) is 1. The van der Waals surface area contributed by atoms with Crippen LogP contribution < -0.4 is 10.2 Å². The summed E-state index contributed by atoms with van der Waals surface area (Å²) in [5, 5.41) is 11.4. The predicted octanol–water partition coefficient (Wildman–Crippen LogP) is 5.16. The summed E-state index contributed by atoms with van der Waals surface area (Å²) < 4.78 is 5.66. The third kappa shape index (κ3) is 5.42. The molecule has 7 heteroatoms. The monoisotopic (exact) mass is 422 g/mol. The Balaban J connectivity index is 1.28. The first-order chi connectivity index (χ1) is 14.7. The van der Waals surface area contributed by atoms with E-state index in [2.05, 4.69) is 32.5 Å². The fourth-order valence-electron chi connectivity index (χ4n) is 3.49. The van der Waals surface area contributed by atoms with E-state index in [-0.39, 0.29) is 11.7 Å². The van der Waals surface area contributed by atoms with Crippen LogP contribution in [0.3, 0.4) is 0 Å². The highest BCUT2D eigenvalue weighted by atomic mass is 32.2. The molecule has 0 unspecified atom stereocenters. The molecule has 1 saturated heterocycles. The molecule has 3 aromatic rings. The number of hydrogen-bond donors (Lipinski definition) is 1. The van der Waals surface area contributed by atoms with Crippen molar-refractivity contribution >= 4 is 29.0 Å². The van der Waals surface area contributed by atoms with Crippen molar-refractivity contribution in [1.29, 1.82) is 0 Å². The number of anilines is 2. The van der Waals surface area contributed by atoms with Crippen molar-refractivity contribution in [2.24, 2.45) is 0 Å². The van der Waals surface area contributed by atoms with Crippen LogP contribution in [0.1, 0.15) is 31.2 Å². The van der Waals surface area contributed by atoms with Crippen LogP contribution in [0.25, 0.3) is 11.5 Å². The van der Waals surface area contributed by atoms with Crippen LogP contribution in [0.2, 0.25) is 0 Å². The average Bonchev–Trinajstić information content (AvgIpc) is 3.07. The van der Waals surface area contributed by atoms with Crippen molar-refractivity contribution in [2.75, 3.05) is 29.1 Å². The molecule has 2 heterocycles. The largest absolute Gasteiger partial charge is 0.411 e. The van der Waals surface area contributed by atoms with Gasteiger partial charge >= 0.3 is 0 Å². The summed E-state index contributed by atoms with van der Waals surface area (Å²) in [4.78, 5) is 14.7. The van der Waals surface area contributed by atoms with Crippen molar-refractivity contribution < 1.29 is 9.21 Å². The minimum atomic E-state index is -0.0994. The van der Waals surface area contributed by atoms with Crippen LogP contribution in [-0.2, 0) is 4.79 Å². The Hall–Kier alpha value is -2.80. The summed E-state index contributed by atoms with van der Waals surface area (Å²) in [6.07, 6.45) is 5.12. The van der Waals surface area contributed by atoms with Gasteiger partial charge in [-0.25, -0.2) is 0 Å². The summed E-state index contributed by atoms with van der Waals surface area (Å²) in [5.41, 5.74) is 4.06. The van der Waals surface area contributed by atoms with Gasteiger partial charge in [-0.2, -0.15) is 0 Å². The Morgan fingerprint density at radius 1 is 1.00 bits per heavy atom. The van der Waals surface area contributed by atoms with Crippen LogP contribution in [0.5, 0.6) is 0 Å². The first-order valence-electron chi connectivity index (χ1n) is 10.4. The van der Waals surface area contributed by atoms with E-state index in [1.807, 2.05) is 43.3 Å². The van der Waals surface area contributed by atoms with Crippen molar-refractivity contribution in [3.05, 3.63) is 54.1 Å². The minimum absolute atomic E-state index is 0.0994. The van der Waals surface area contributed by atoms with Gasteiger partial charge in [-0.05, 0) is 56.2 Å². The zero-order valence-electron chi connectivity index (χ0n) is 17.1. The lowest BCUT2D eigenvalue weighted by molar-refractivity contribution is -0.113. The molecule has 1 aliphatic heterocycles. The topological polar surface area (TPSA) is 71.3 Å². The number of aryl methyl sites for hydroxylation is 1. The standard InChI is InChI=1S/C23H26N4O2S/c1-17-6-8-18(9-7-17)22-25-26-23(29-22)30-16-21(28)24-19-10-12-20(13-11-19)27-14-4-2-3-5-15-27/h6-13H,2-5,14-16H2,1H3,(H,24,28). The van der Waals surface area contributed by atoms with E-state index in [4.69, 9.17) is 4.42 Å². The van der Waals surface area contributed by atoms with Gasteiger partial charge in [-0.1, -0.05) is 42.3 Å². The molecular formula is C23H26N4O2S.